The van der Waals surface area contributed by atoms with Crippen molar-refractivity contribution < 1.29 is 14.3 Å². The van der Waals surface area contributed by atoms with Crippen LogP contribution in [0.1, 0.15) is 30.4 Å². The van der Waals surface area contributed by atoms with Crippen LogP contribution in [0.2, 0.25) is 0 Å². The van der Waals surface area contributed by atoms with Crippen LogP contribution in [0, 0.1) is 0 Å². The largest absolute Gasteiger partial charge is 0.451 e. The van der Waals surface area contributed by atoms with Gasteiger partial charge in [-0.3, -0.25) is 4.79 Å². The molecule has 2 aromatic heterocycles. The molecule has 0 atom stereocenters. The van der Waals surface area contributed by atoms with E-state index in [4.69, 9.17) is 4.74 Å². The van der Waals surface area contributed by atoms with Crippen molar-refractivity contribution in [1.29, 1.82) is 0 Å². The Hall–Kier alpha value is -2.29. The normalized spacial score (nSPS) is 11.2. The van der Waals surface area contributed by atoms with Crippen LogP contribution in [0.4, 0.5) is 0 Å². The van der Waals surface area contributed by atoms with Gasteiger partial charge in [0.05, 0.1) is 5.69 Å². The molecular formula is C12H15N5O3S. The Morgan fingerprint density at radius 1 is 1.43 bits per heavy atom. The van der Waals surface area contributed by atoms with Crippen molar-refractivity contribution in [3.8, 4) is 5.69 Å². The standard InChI is InChI=1S/C12H15N5O3S/c1-12(2,3)14-9(18)6-20-11(19)10-8(4-5-21-10)17-7-13-15-16-17/h4-5,7H,6H2,1-3H3,(H,14,18). The van der Waals surface area contributed by atoms with Crippen molar-refractivity contribution in [1.82, 2.24) is 25.5 Å². The monoisotopic (exact) mass is 309 g/mol. The van der Waals surface area contributed by atoms with Crippen molar-refractivity contribution >= 4 is 23.2 Å². The van der Waals surface area contributed by atoms with Gasteiger partial charge < -0.3 is 10.1 Å². The van der Waals surface area contributed by atoms with E-state index in [1.54, 1.807) is 11.4 Å². The van der Waals surface area contributed by atoms with E-state index in [1.807, 2.05) is 20.8 Å². The van der Waals surface area contributed by atoms with E-state index in [0.29, 0.717) is 10.6 Å². The minimum atomic E-state index is -0.584. The molecular weight excluding hydrogens is 294 g/mol. The second kappa shape index (κ2) is 6.00. The van der Waals surface area contributed by atoms with Gasteiger partial charge in [-0.05, 0) is 42.6 Å². The smallest absolute Gasteiger partial charge is 0.351 e. The molecule has 0 aliphatic carbocycles. The molecule has 2 aromatic rings. The zero-order valence-corrected chi connectivity index (χ0v) is 12.7. The number of rotatable bonds is 4. The summed E-state index contributed by atoms with van der Waals surface area (Å²) in [4.78, 5) is 24.0. The molecule has 0 saturated heterocycles. The number of amides is 1. The number of carbonyl (C=O) groups excluding carboxylic acids is 2. The van der Waals surface area contributed by atoms with Gasteiger partial charge in [0.15, 0.2) is 6.61 Å². The number of nitrogens with one attached hydrogen (secondary N) is 1. The molecule has 0 bridgehead atoms. The summed E-state index contributed by atoms with van der Waals surface area (Å²) in [7, 11) is 0. The summed E-state index contributed by atoms with van der Waals surface area (Å²) in [6.45, 7) is 5.22. The molecule has 0 aliphatic rings. The number of hydrogen-bond donors (Lipinski definition) is 1. The second-order valence-electron chi connectivity index (χ2n) is 5.26. The summed E-state index contributed by atoms with van der Waals surface area (Å²) in [5.41, 5.74) is 0.149. The van der Waals surface area contributed by atoms with Crippen LogP contribution >= 0.6 is 11.3 Å². The van der Waals surface area contributed by atoms with Crippen LogP contribution in [-0.2, 0) is 9.53 Å². The van der Waals surface area contributed by atoms with Gasteiger partial charge in [0, 0.05) is 5.54 Å². The summed E-state index contributed by atoms with van der Waals surface area (Å²) >= 11 is 1.20. The first kappa shape index (κ1) is 15.1. The number of thiophene rings is 1. The SMILES string of the molecule is CC(C)(C)NC(=O)COC(=O)c1sccc1-n1cnnn1. The quantitative estimate of drug-likeness (QED) is 0.839. The molecule has 2 rings (SSSR count). The van der Waals surface area contributed by atoms with Crippen LogP contribution in [0.15, 0.2) is 17.8 Å². The first-order valence-electron chi connectivity index (χ1n) is 6.16. The number of ether oxygens (including phenoxy) is 1. The van der Waals surface area contributed by atoms with Crippen molar-refractivity contribution in [2.24, 2.45) is 0 Å². The van der Waals surface area contributed by atoms with Crippen molar-refractivity contribution in [3.63, 3.8) is 0 Å². The molecule has 0 spiro atoms. The van der Waals surface area contributed by atoms with Crippen molar-refractivity contribution in [2.75, 3.05) is 6.61 Å². The molecule has 1 amide bonds. The van der Waals surface area contributed by atoms with Crippen LogP contribution in [0.3, 0.4) is 0 Å². The number of esters is 1. The fourth-order valence-corrected chi connectivity index (χ4v) is 2.33. The molecule has 0 aliphatic heterocycles. The lowest BCUT2D eigenvalue weighted by molar-refractivity contribution is -0.125. The minimum Gasteiger partial charge on any atom is -0.451 e. The summed E-state index contributed by atoms with van der Waals surface area (Å²) in [5.74, 6) is -0.934. The average Bonchev–Trinajstić information content (AvgIpc) is 3.03. The van der Waals surface area contributed by atoms with E-state index in [-0.39, 0.29) is 18.1 Å². The average molecular weight is 309 g/mol. The predicted molar refractivity (Wildman–Crippen MR) is 75.2 cm³/mol. The Labute approximate surface area is 125 Å². The Morgan fingerprint density at radius 3 is 2.81 bits per heavy atom. The van der Waals surface area contributed by atoms with E-state index in [2.05, 4.69) is 20.8 Å². The molecule has 1 N–H and O–H groups in total. The summed E-state index contributed by atoms with van der Waals surface area (Å²) in [6.07, 6.45) is 1.38. The van der Waals surface area contributed by atoms with Gasteiger partial charge in [-0.25, -0.2) is 4.79 Å². The van der Waals surface area contributed by atoms with E-state index in [1.165, 1.54) is 22.3 Å². The van der Waals surface area contributed by atoms with E-state index in [0.717, 1.165) is 0 Å². The number of nitrogens with zero attached hydrogens (tertiary/aromatic N) is 4. The number of hydrogen-bond acceptors (Lipinski definition) is 7. The van der Waals surface area contributed by atoms with Crippen LogP contribution < -0.4 is 5.32 Å². The highest BCUT2D eigenvalue weighted by Gasteiger charge is 2.19. The van der Waals surface area contributed by atoms with Gasteiger partial charge in [0.2, 0.25) is 0 Å². The molecule has 8 nitrogen and oxygen atoms in total. The highest BCUT2D eigenvalue weighted by atomic mass is 32.1. The second-order valence-corrected chi connectivity index (χ2v) is 6.18. The highest BCUT2D eigenvalue weighted by Crippen LogP contribution is 2.20. The fourth-order valence-electron chi connectivity index (χ4n) is 1.56. The Bertz CT molecular complexity index is 630. The maximum Gasteiger partial charge on any atom is 0.351 e. The van der Waals surface area contributed by atoms with Gasteiger partial charge in [-0.15, -0.1) is 16.4 Å². The highest BCUT2D eigenvalue weighted by molar-refractivity contribution is 7.12. The van der Waals surface area contributed by atoms with E-state index >= 15 is 0 Å². The third-order valence-corrected chi connectivity index (χ3v) is 3.16. The number of tetrazole rings is 1. The molecule has 0 fully saturated rings. The van der Waals surface area contributed by atoms with Crippen LogP contribution in [0.25, 0.3) is 5.69 Å². The Kier molecular flexibility index (Phi) is 4.32. The maximum atomic E-state index is 12.0. The molecule has 0 radical (unpaired) electrons. The lowest BCUT2D eigenvalue weighted by Crippen LogP contribution is -2.42. The van der Waals surface area contributed by atoms with E-state index < -0.39 is 5.97 Å². The third kappa shape index (κ3) is 4.09. The Morgan fingerprint density at radius 2 is 2.19 bits per heavy atom. The van der Waals surface area contributed by atoms with Gasteiger partial charge in [-0.1, -0.05) is 0 Å². The minimum absolute atomic E-state index is 0.330. The third-order valence-electron chi connectivity index (χ3n) is 2.27. The first-order valence-corrected chi connectivity index (χ1v) is 7.04. The molecule has 0 aromatic carbocycles. The molecule has 0 saturated carbocycles. The zero-order valence-electron chi connectivity index (χ0n) is 11.9. The van der Waals surface area contributed by atoms with Gasteiger partial charge in [-0.2, -0.15) is 4.68 Å². The van der Waals surface area contributed by atoms with Crippen molar-refractivity contribution in [3.05, 3.63) is 22.7 Å². The Balaban J connectivity index is 1.99. The maximum absolute atomic E-state index is 12.0. The lowest BCUT2D eigenvalue weighted by atomic mass is 10.1. The van der Waals surface area contributed by atoms with E-state index in [9.17, 15) is 9.59 Å². The summed E-state index contributed by atoms with van der Waals surface area (Å²) in [5, 5.41) is 15.2. The summed E-state index contributed by atoms with van der Waals surface area (Å²) in [6, 6.07) is 1.70. The van der Waals surface area contributed by atoms with Gasteiger partial charge >= 0.3 is 5.97 Å². The zero-order chi connectivity index (χ0) is 15.5. The molecule has 9 heteroatoms. The van der Waals surface area contributed by atoms with Crippen molar-refractivity contribution in [2.45, 2.75) is 26.3 Å². The molecule has 2 heterocycles. The number of carbonyl (C=O) groups is 2. The predicted octanol–water partition coefficient (Wildman–Crippen LogP) is 0.795. The van der Waals surface area contributed by atoms with Gasteiger partial charge in [0.25, 0.3) is 5.91 Å². The molecule has 21 heavy (non-hydrogen) atoms. The molecule has 0 unspecified atom stereocenters. The first-order chi connectivity index (χ1) is 9.87. The number of aromatic nitrogens is 4. The van der Waals surface area contributed by atoms with Crippen LogP contribution in [0.5, 0.6) is 0 Å². The molecule has 112 valence electrons. The van der Waals surface area contributed by atoms with Crippen LogP contribution in [-0.4, -0.2) is 44.2 Å². The topological polar surface area (TPSA) is 99.0 Å². The summed E-state index contributed by atoms with van der Waals surface area (Å²) < 4.78 is 6.37. The lowest BCUT2D eigenvalue weighted by Gasteiger charge is -2.20. The fraction of sp³-hybridized carbons (Fsp3) is 0.417. The van der Waals surface area contributed by atoms with Gasteiger partial charge in [0.1, 0.15) is 11.2 Å².